The van der Waals surface area contributed by atoms with Crippen LogP contribution in [0.2, 0.25) is 0 Å². The van der Waals surface area contributed by atoms with Gasteiger partial charge >= 0.3 is 0 Å². The van der Waals surface area contributed by atoms with E-state index < -0.39 is 5.91 Å². The Labute approximate surface area is 89.4 Å². The molecule has 9 nitrogen and oxygen atoms in total. The Bertz CT molecular complexity index is 502. The van der Waals surface area contributed by atoms with Gasteiger partial charge in [0.05, 0.1) is 0 Å². The molecule has 0 saturated carbocycles. The van der Waals surface area contributed by atoms with Gasteiger partial charge in [-0.25, -0.2) is 0 Å². The molecule has 1 amide bonds. The van der Waals surface area contributed by atoms with E-state index in [1.165, 1.54) is 0 Å². The summed E-state index contributed by atoms with van der Waals surface area (Å²) in [6, 6.07) is 0. The third-order valence-corrected chi connectivity index (χ3v) is 1.67. The zero-order valence-electron chi connectivity index (χ0n) is 8.39. The molecule has 0 radical (unpaired) electrons. The van der Waals surface area contributed by atoms with Gasteiger partial charge in [0, 0.05) is 6.54 Å². The van der Waals surface area contributed by atoms with Gasteiger partial charge in [-0.3, -0.25) is 9.89 Å². The lowest BCUT2D eigenvalue weighted by atomic mass is 10.5. The van der Waals surface area contributed by atoms with E-state index in [-0.39, 0.29) is 23.5 Å². The molecule has 4 N–H and O–H groups in total. The van der Waals surface area contributed by atoms with E-state index in [0.29, 0.717) is 6.54 Å². The molecule has 84 valence electrons. The third kappa shape index (κ3) is 1.82. The summed E-state index contributed by atoms with van der Waals surface area (Å²) in [5.41, 5.74) is 5.31. The van der Waals surface area contributed by atoms with Crippen LogP contribution >= 0.6 is 0 Å². The zero-order chi connectivity index (χ0) is 11.5. The Morgan fingerprint density at radius 2 is 2.38 bits per heavy atom. The molecule has 0 bridgehead atoms. The molecule has 2 aromatic rings. The van der Waals surface area contributed by atoms with E-state index in [2.05, 4.69) is 30.6 Å². The number of hydrogen-bond donors (Lipinski definition) is 3. The number of aromatic amines is 1. The van der Waals surface area contributed by atoms with Crippen LogP contribution in [-0.4, -0.2) is 37.8 Å². The van der Waals surface area contributed by atoms with E-state index in [1.54, 1.807) is 6.92 Å². The average molecular weight is 223 g/mol. The minimum atomic E-state index is -0.412. The molecule has 0 atom stereocenters. The third-order valence-electron chi connectivity index (χ3n) is 1.67. The summed E-state index contributed by atoms with van der Waals surface area (Å²) in [7, 11) is 0. The van der Waals surface area contributed by atoms with Crippen molar-refractivity contribution >= 4 is 11.9 Å². The number of H-pyrrole nitrogens is 1. The van der Waals surface area contributed by atoms with Crippen molar-refractivity contribution in [3.8, 4) is 11.7 Å². The number of aromatic nitrogens is 5. The summed E-state index contributed by atoms with van der Waals surface area (Å²) < 4.78 is 4.82. The summed E-state index contributed by atoms with van der Waals surface area (Å²) >= 11 is 0. The van der Waals surface area contributed by atoms with Crippen LogP contribution in [0.25, 0.3) is 11.7 Å². The van der Waals surface area contributed by atoms with Crippen LogP contribution in [0.3, 0.4) is 0 Å². The van der Waals surface area contributed by atoms with Crippen LogP contribution in [0.15, 0.2) is 4.52 Å². The van der Waals surface area contributed by atoms with Crippen LogP contribution < -0.4 is 11.1 Å². The van der Waals surface area contributed by atoms with Gasteiger partial charge in [0.15, 0.2) is 0 Å². The van der Waals surface area contributed by atoms with Crippen molar-refractivity contribution < 1.29 is 9.32 Å². The first kappa shape index (κ1) is 10.1. The van der Waals surface area contributed by atoms with E-state index in [4.69, 9.17) is 10.3 Å². The van der Waals surface area contributed by atoms with Crippen molar-refractivity contribution in [3.05, 3.63) is 5.82 Å². The Morgan fingerprint density at radius 1 is 1.56 bits per heavy atom. The highest BCUT2D eigenvalue weighted by Gasteiger charge is 2.16. The molecule has 0 aliphatic rings. The van der Waals surface area contributed by atoms with E-state index in [0.717, 1.165) is 0 Å². The quantitative estimate of drug-likeness (QED) is 0.618. The maximum absolute atomic E-state index is 11.3. The minimum absolute atomic E-state index is 0.0606. The van der Waals surface area contributed by atoms with Crippen molar-refractivity contribution in [2.24, 2.45) is 0 Å². The van der Waals surface area contributed by atoms with Gasteiger partial charge in [0.1, 0.15) is 0 Å². The molecule has 2 rings (SSSR count). The topological polar surface area (TPSA) is 136 Å². The predicted octanol–water partition coefficient (Wildman–Crippen LogP) is -0.813. The molecule has 0 aromatic carbocycles. The molecule has 0 fully saturated rings. The lowest BCUT2D eigenvalue weighted by Crippen LogP contribution is -2.23. The zero-order valence-corrected chi connectivity index (χ0v) is 8.39. The minimum Gasteiger partial charge on any atom is -0.366 e. The number of rotatable bonds is 3. The maximum Gasteiger partial charge on any atom is 0.295 e. The second-order valence-electron chi connectivity index (χ2n) is 2.82. The molecule has 0 unspecified atom stereocenters. The highest BCUT2D eigenvalue weighted by molar-refractivity contribution is 5.90. The van der Waals surface area contributed by atoms with E-state index in [1.807, 2.05) is 0 Å². The average Bonchev–Trinajstić information content (AvgIpc) is 2.85. The van der Waals surface area contributed by atoms with Crippen LogP contribution in [-0.2, 0) is 0 Å². The molecule has 16 heavy (non-hydrogen) atoms. The van der Waals surface area contributed by atoms with Crippen LogP contribution in [0.5, 0.6) is 0 Å². The molecule has 0 aliphatic heterocycles. The van der Waals surface area contributed by atoms with Gasteiger partial charge in [0.25, 0.3) is 17.6 Å². The van der Waals surface area contributed by atoms with E-state index >= 15 is 0 Å². The second kappa shape index (κ2) is 3.96. The Morgan fingerprint density at radius 3 is 3.00 bits per heavy atom. The Balaban J connectivity index is 2.22. The molecular formula is C7H9N7O2. The Kier molecular flexibility index (Phi) is 2.50. The number of nitrogen functional groups attached to an aromatic ring is 1. The molecule has 2 aromatic heterocycles. The van der Waals surface area contributed by atoms with Gasteiger partial charge in [-0.15, -0.1) is 5.10 Å². The summed E-state index contributed by atoms with van der Waals surface area (Å²) in [6.45, 7) is 2.27. The summed E-state index contributed by atoms with van der Waals surface area (Å²) in [6.07, 6.45) is 0. The SMILES string of the molecule is CCNC(=O)c1noc(-c2nc(N)n[nH]2)n1. The first-order valence-electron chi connectivity index (χ1n) is 4.51. The van der Waals surface area contributed by atoms with E-state index in [9.17, 15) is 4.79 Å². The summed E-state index contributed by atoms with van der Waals surface area (Å²) in [4.78, 5) is 18.9. The molecule has 0 spiro atoms. The highest BCUT2D eigenvalue weighted by Crippen LogP contribution is 2.11. The largest absolute Gasteiger partial charge is 0.366 e. The number of nitrogens with one attached hydrogen (secondary N) is 2. The van der Waals surface area contributed by atoms with Gasteiger partial charge in [-0.1, -0.05) is 5.16 Å². The first-order chi connectivity index (χ1) is 7.70. The van der Waals surface area contributed by atoms with Crippen molar-refractivity contribution in [3.63, 3.8) is 0 Å². The molecule has 0 saturated heterocycles. The lowest BCUT2D eigenvalue weighted by Gasteiger charge is -1.93. The van der Waals surface area contributed by atoms with Gasteiger partial charge in [-0.2, -0.15) is 9.97 Å². The second-order valence-corrected chi connectivity index (χ2v) is 2.82. The number of carbonyl (C=O) groups excluding carboxylic acids is 1. The summed E-state index contributed by atoms with van der Waals surface area (Å²) in [5, 5.41) is 12.1. The number of amides is 1. The predicted molar refractivity (Wildman–Crippen MR) is 52.1 cm³/mol. The fourth-order valence-corrected chi connectivity index (χ4v) is 1.02. The van der Waals surface area contributed by atoms with Crippen molar-refractivity contribution in [2.75, 3.05) is 12.3 Å². The number of carbonyl (C=O) groups is 1. The number of nitrogens with two attached hydrogens (primary N) is 1. The van der Waals surface area contributed by atoms with Crippen LogP contribution in [0.1, 0.15) is 17.5 Å². The lowest BCUT2D eigenvalue weighted by molar-refractivity contribution is 0.0942. The normalized spacial score (nSPS) is 10.3. The maximum atomic E-state index is 11.3. The number of nitrogens with zero attached hydrogens (tertiary/aromatic N) is 4. The Hall–Kier alpha value is -2.45. The van der Waals surface area contributed by atoms with Crippen LogP contribution in [0.4, 0.5) is 5.95 Å². The van der Waals surface area contributed by atoms with Gasteiger partial charge in [-0.05, 0) is 6.92 Å². The number of hydrogen-bond acceptors (Lipinski definition) is 7. The molecule has 2 heterocycles. The monoisotopic (exact) mass is 223 g/mol. The molecule has 0 aliphatic carbocycles. The van der Waals surface area contributed by atoms with Gasteiger partial charge < -0.3 is 15.6 Å². The van der Waals surface area contributed by atoms with Crippen molar-refractivity contribution in [1.29, 1.82) is 0 Å². The van der Waals surface area contributed by atoms with Gasteiger partial charge in [0.2, 0.25) is 11.8 Å². The van der Waals surface area contributed by atoms with Crippen LogP contribution in [0, 0.1) is 0 Å². The van der Waals surface area contributed by atoms with Crippen molar-refractivity contribution in [1.82, 2.24) is 30.6 Å². The molecule has 9 heteroatoms. The first-order valence-corrected chi connectivity index (χ1v) is 4.51. The van der Waals surface area contributed by atoms with Crippen molar-refractivity contribution in [2.45, 2.75) is 6.92 Å². The highest BCUT2D eigenvalue weighted by atomic mass is 16.5. The molecular weight excluding hydrogens is 214 g/mol. The smallest absolute Gasteiger partial charge is 0.295 e. The fourth-order valence-electron chi connectivity index (χ4n) is 1.02. The number of anilines is 1. The summed E-state index contributed by atoms with van der Waals surface area (Å²) in [5.74, 6) is -0.129. The fraction of sp³-hybridized carbons (Fsp3) is 0.286. The standard InChI is InChI=1S/C7H9N7O2/c1-2-9-5(15)3-10-6(16-14-3)4-11-7(8)13-12-4/h2H2,1H3,(H,9,15)(H3,8,11,12,13).